The van der Waals surface area contributed by atoms with Gasteiger partial charge in [-0.3, -0.25) is 23.5 Å². The highest BCUT2D eigenvalue weighted by molar-refractivity contribution is 6.74. The molecule has 7 atom stereocenters. The van der Waals surface area contributed by atoms with E-state index in [-0.39, 0.29) is 48.7 Å². The third kappa shape index (κ3) is 14.7. The summed E-state index contributed by atoms with van der Waals surface area (Å²) in [6, 6.07) is 15.0. The molecule has 17 nitrogen and oxygen atoms in total. The van der Waals surface area contributed by atoms with Crippen LogP contribution in [0.4, 0.5) is 4.79 Å². The van der Waals surface area contributed by atoms with Crippen LogP contribution in [0.25, 0.3) is 0 Å². The van der Waals surface area contributed by atoms with E-state index in [1.54, 1.807) is 31.4 Å². The summed E-state index contributed by atoms with van der Waals surface area (Å²) >= 11 is 0. The second-order valence-corrected chi connectivity index (χ2v) is 30.3. The van der Waals surface area contributed by atoms with Gasteiger partial charge in [-0.25, -0.2) is 9.59 Å². The van der Waals surface area contributed by atoms with E-state index >= 15 is 0 Å². The average Bonchev–Trinajstić information content (AvgIpc) is 3.57. The average molecular weight is 970 g/mol. The van der Waals surface area contributed by atoms with Crippen molar-refractivity contribution in [3.8, 4) is 5.75 Å². The number of aromatic nitrogens is 2. The molecular formula is C48H75N5O12Si2. The number of ether oxygens (including phenoxy) is 3. The van der Waals surface area contributed by atoms with Crippen LogP contribution in [0, 0.1) is 5.92 Å². The Morgan fingerprint density at radius 1 is 0.836 bits per heavy atom. The largest absolute Gasteiger partial charge is 0.497 e. The molecular weight excluding hydrogens is 895 g/mol. The quantitative estimate of drug-likeness (QED) is 0.0578. The second-order valence-electron chi connectivity index (χ2n) is 20.7. The molecule has 0 aliphatic carbocycles. The van der Waals surface area contributed by atoms with Crippen LogP contribution >= 0.6 is 0 Å². The summed E-state index contributed by atoms with van der Waals surface area (Å²) in [6.45, 7) is 24.5. The number of aliphatic hydroxyl groups excluding tert-OH is 1. The van der Waals surface area contributed by atoms with Gasteiger partial charge in [0.1, 0.15) is 48.9 Å². The Morgan fingerprint density at radius 2 is 1.43 bits per heavy atom. The van der Waals surface area contributed by atoms with E-state index in [9.17, 15) is 34.2 Å². The predicted molar refractivity (Wildman–Crippen MR) is 261 cm³/mol. The lowest BCUT2D eigenvalue weighted by atomic mass is 9.99. The molecule has 0 spiro atoms. The number of nitrogens with one attached hydrogen (secondary N) is 3. The maximum atomic E-state index is 14.5. The van der Waals surface area contributed by atoms with Crippen LogP contribution in [0.15, 0.2) is 76.4 Å². The minimum atomic E-state index is -2.75. The van der Waals surface area contributed by atoms with E-state index in [2.05, 4.69) is 57.5 Å². The molecule has 5 N–H and O–H groups in total. The number of aliphatic carboxylic acids is 1. The van der Waals surface area contributed by atoms with Crippen molar-refractivity contribution in [2.45, 2.75) is 160 Å². The minimum absolute atomic E-state index is 0.0450. The van der Waals surface area contributed by atoms with Gasteiger partial charge in [-0.05, 0) is 84.8 Å². The molecule has 2 heterocycles. The number of carboxylic acids is 1. The first-order chi connectivity index (χ1) is 31.2. The zero-order chi connectivity index (χ0) is 50.1. The van der Waals surface area contributed by atoms with Crippen molar-refractivity contribution in [1.29, 1.82) is 0 Å². The number of hydrogen-bond donors (Lipinski definition) is 5. The van der Waals surface area contributed by atoms with Gasteiger partial charge in [0.2, 0.25) is 5.91 Å². The van der Waals surface area contributed by atoms with Gasteiger partial charge in [0.05, 0.1) is 13.7 Å². The Bertz CT molecular complexity index is 2220. The fourth-order valence-corrected chi connectivity index (χ4v) is 9.66. The van der Waals surface area contributed by atoms with Gasteiger partial charge in [0, 0.05) is 18.8 Å². The number of methoxy groups -OCH3 is 1. The SMILES string of the molecule is COc1ccc(Cn2c(=O)ccn([C@@H]3O[C@H](C(O)[C@H](NCCCNC(=O)[C@H](CC(C)C)NC(=O)OCc4ccccc4)C(=O)O)[C@@H](O[Si](C)(C)C(C)(C)C)[C@H]3O[Si](C)(C)C(C)(C)C)c2=O)cc1. The molecule has 1 fully saturated rings. The van der Waals surface area contributed by atoms with E-state index in [0.29, 0.717) is 17.7 Å². The maximum Gasteiger partial charge on any atom is 0.408 e. The van der Waals surface area contributed by atoms with E-state index in [1.165, 1.54) is 16.8 Å². The number of carboxylic acid groups (broad SMARTS) is 1. The van der Waals surface area contributed by atoms with Gasteiger partial charge in [0.25, 0.3) is 5.56 Å². The highest BCUT2D eigenvalue weighted by atomic mass is 28.4. The second kappa shape index (κ2) is 23.1. The topological polar surface area (TPSA) is 218 Å². The van der Waals surface area contributed by atoms with Crippen molar-refractivity contribution < 1.29 is 47.7 Å². The molecule has 1 aliphatic rings. The maximum absolute atomic E-state index is 14.5. The van der Waals surface area contributed by atoms with Gasteiger partial charge in [0.15, 0.2) is 22.9 Å². The molecule has 1 saturated heterocycles. The first-order valence-electron chi connectivity index (χ1n) is 23.0. The zero-order valence-electron chi connectivity index (χ0n) is 41.6. The van der Waals surface area contributed by atoms with Crippen LogP contribution in [0.5, 0.6) is 5.75 Å². The number of carbonyl (C=O) groups excluding carboxylic acids is 2. The van der Waals surface area contributed by atoms with Crippen molar-refractivity contribution in [3.63, 3.8) is 0 Å². The van der Waals surface area contributed by atoms with Crippen LogP contribution in [0.1, 0.15) is 85.6 Å². The molecule has 0 bridgehead atoms. The van der Waals surface area contributed by atoms with Gasteiger partial charge in [-0.1, -0.05) is 97.9 Å². The lowest BCUT2D eigenvalue weighted by Crippen LogP contribution is -2.59. The molecule has 2 amide bonds. The Balaban J connectivity index is 1.61. The van der Waals surface area contributed by atoms with Crippen LogP contribution in [-0.2, 0) is 41.1 Å². The normalized spacial score (nSPS) is 19.4. The Kier molecular flexibility index (Phi) is 19.0. The van der Waals surface area contributed by atoms with Crippen molar-refractivity contribution >= 4 is 34.6 Å². The molecule has 2 aromatic carbocycles. The highest BCUT2D eigenvalue weighted by Gasteiger charge is 2.57. The molecule has 0 saturated carbocycles. The number of hydrogen-bond acceptors (Lipinski definition) is 12. The fourth-order valence-electron chi connectivity index (χ4n) is 7.08. The Hall–Kier alpha value is -4.64. The predicted octanol–water partition coefficient (Wildman–Crippen LogP) is 6.00. The van der Waals surface area contributed by atoms with E-state index in [4.69, 9.17) is 23.1 Å². The first-order valence-corrected chi connectivity index (χ1v) is 28.8. The van der Waals surface area contributed by atoms with Gasteiger partial charge < -0.3 is 49.2 Å². The molecule has 0 radical (unpaired) electrons. The zero-order valence-corrected chi connectivity index (χ0v) is 43.6. The molecule has 19 heteroatoms. The lowest BCUT2D eigenvalue weighted by Gasteiger charge is -2.44. The van der Waals surface area contributed by atoms with E-state index < -0.39 is 88.6 Å². The van der Waals surface area contributed by atoms with Crippen LogP contribution < -0.4 is 31.9 Å². The summed E-state index contributed by atoms with van der Waals surface area (Å²) < 4.78 is 33.9. The fraction of sp³-hybridized carbons (Fsp3) is 0.604. The van der Waals surface area contributed by atoms with Crippen molar-refractivity contribution in [3.05, 3.63) is 98.8 Å². The van der Waals surface area contributed by atoms with Crippen molar-refractivity contribution in [1.82, 2.24) is 25.1 Å². The van der Waals surface area contributed by atoms with E-state index in [1.807, 2.05) is 70.4 Å². The van der Waals surface area contributed by atoms with Crippen molar-refractivity contribution in [2.24, 2.45) is 5.92 Å². The number of rotatable bonds is 22. The third-order valence-electron chi connectivity index (χ3n) is 13.1. The smallest absolute Gasteiger partial charge is 0.408 e. The Morgan fingerprint density at radius 3 is 1.99 bits per heavy atom. The standard InChI is InChI=1S/C48H75N5O12Si2/c1-31(2)28-35(51-45(59)62-30-33-18-15-14-16-19-33)42(56)50-26-17-25-49-37(44(57)58)38(55)39-40(64-66(10,11)47(3,4)5)41(65-67(12,13)48(6,7)8)43(63-39)52-27-24-36(54)53(46(52)60)29-32-20-22-34(61-9)23-21-32/h14-16,18-24,27,31,35,37-41,43,49,55H,17,25-26,28-30H2,1-13H3,(H,50,56)(H,51,59)(H,57,58)/t35-,37-,38?,39+,40+,41+,43+/m0/s1. The van der Waals surface area contributed by atoms with Crippen LogP contribution in [0.3, 0.4) is 0 Å². The van der Waals surface area contributed by atoms with Crippen LogP contribution in [0.2, 0.25) is 36.3 Å². The van der Waals surface area contributed by atoms with Gasteiger partial charge in [-0.2, -0.15) is 0 Å². The molecule has 3 aromatic rings. The van der Waals surface area contributed by atoms with Crippen molar-refractivity contribution in [2.75, 3.05) is 20.2 Å². The minimum Gasteiger partial charge on any atom is -0.497 e. The highest BCUT2D eigenvalue weighted by Crippen LogP contribution is 2.46. The number of aliphatic hydroxyl groups is 1. The summed E-state index contributed by atoms with van der Waals surface area (Å²) in [5.74, 6) is -1.10. The number of amides is 2. The molecule has 4 rings (SSSR count). The molecule has 1 aromatic heterocycles. The van der Waals surface area contributed by atoms with Gasteiger partial charge >= 0.3 is 17.8 Å². The third-order valence-corrected chi connectivity index (χ3v) is 22.0. The first kappa shape index (κ1) is 55.0. The molecule has 372 valence electrons. The number of benzene rings is 2. The summed E-state index contributed by atoms with van der Waals surface area (Å²) in [4.78, 5) is 66.8. The number of nitrogens with zero attached hydrogens (tertiary/aromatic N) is 2. The van der Waals surface area contributed by atoms with Crippen LogP contribution in [-0.4, -0.2) is 111 Å². The monoisotopic (exact) mass is 969 g/mol. The Labute approximate surface area is 397 Å². The summed E-state index contributed by atoms with van der Waals surface area (Å²) in [5.41, 5.74) is 0.245. The summed E-state index contributed by atoms with van der Waals surface area (Å²) in [7, 11) is -3.95. The molecule has 1 aliphatic heterocycles. The molecule has 67 heavy (non-hydrogen) atoms. The lowest BCUT2D eigenvalue weighted by molar-refractivity contribution is -0.149. The van der Waals surface area contributed by atoms with Gasteiger partial charge in [-0.15, -0.1) is 0 Å². The van der Waals surface area contributed by atoms with E-state index in [0.717, 1.165) is 10.1 Å². The number of carbonyl (C=O) groups is 3. The summed E-state index contributed by atoms with van der Waals surface area (Å²) in [6.07, 6.45) is -5.16. The molecule has 1 unspecified atom stereocenters. The summed E-state index contributed by atoms with van der Waals surface area (Å²) in [5, 5.41) is 30.6. The number of alkyl carbamates (subject to hydrolysis) is 1.